The molecular weight excluding hydrogens is 289 g/mol. The van der Waals surface area contributed by atoms with Crippen molar-refractivity contribution in [3.05, 3.63) is 16.1 Å². The van der Waals surface area contributed by atoms with Crippen molar-refractivity contribution in [1.29, 1.82) is 0 Å². The molecule has 0 spiro atoms. The Labute approximate surface area is 120 Å². The Hall–Kier alpha value is -1.31. The van der Waals surface area contributed by atoms with Crippen LogP contribution in [-0.4, -0.2) is 24.0 Å². The van der Waals surface area contributed by atoms with E-state index in [1.165, 1.54) is 0 Å². The average Bonchev–Trinajstić information content (AvgIpc) is 2.81. The molecule has 114 valence electrons. The van der Waals surface area contributed by atoms with E-state index in [4.69, 9.17) is 0 Å². The van der Waals surface area contributed by atoms with Gasteiger partial charge in [0.2, 0.25) is 0 Å². The summed E-state index contributed by atoms with van der Waals surface area (Å²) in [6.07, 6.45) is -4.39. The molecule has 0 amide bonds. The SMILES string of the molecule is CCNC(=NCc1nc(C(F)(F)F)cs1)NCC(C)C. The number of nitrogens with one attached hydrogen (secondary N) is 2. The Balaban J connectivity index is 2.64. The van der Waals surface area contributed by atoms with Gasteiger partial charge in [0.15, 0.2) is 11.7 Å². The van der Waals surface area contributed by atoms with Crippen LogP contribution < -0.4 is 10.6 Å². The monoisotopic (exact) mass is 308 g/mol. The van der Waals surface area contributed by atoms with Crippen molar-refractivity contribution in [3.8, 4) is 0 Å². The zero-order valence-electron chi connectivity index (χ0n) is 11.7. The standard InChI is InChI=1S/C12H19F3N4S/c1-4-16-11(17-5-8(2)3)18-6-10-19-9(7-20-10)12(13,14)15/h7-8H,4-6H2,1-3H3,(H2,16,17,18). The lowest BCUT2D eigenvalue weighted by Crippen LogP contribution is -2.39. The first-order valence-electron chi connectivity index (χ1n) is 6.36. The highest BCUT2D eigenvalue weighted by Crippen LogP contribution is 2.30. The highest BCUT2D eigenvalue weighted by molar-refractivity contribution is 7.09. The van der Waals surface area contributed by atoms with Crippen LogP contribution in [0.5, 0.6) is 0 Å². The van der Waals surface area contributed by atoms with Crippen molar-refractivity contribution in [3.63, 3.8) is 0 Å². The molecular formula is C12H19F3N4S. The molecule has 0 saturated carbocycles. The van der Waals surface area contributed by atoms with E-state index in [2.05, 4.69) is 34.5 Å². The van der Waals surface area contributed by atoms with Gasteiger partial charge in [-0.2, -0.15) is 13.2 Å². The summed E-state index contributed by atoms with van der Waals surface area (Å²) in [5.41, 5.74) is -0.854. The van der Waals surface area contributed by atoms with Crippen molar-refractivity contribution in [2.45, 2.75) is 33.5 Å². The molecule has 0 aromatic carbocycles. The minimum absolute atomic E-state index is 0.133. The van der Waals surface area contributed by atoms with Crippen molar-refractivity contribution in [1.82, 2.24) is 15.6 Å². The van der Waals surface area contributed by atoms with Gasteiger partial charge in [0.1, 0.15) is 5.01 Å². The number of rotatable bonds is 5. The van der Waals surface area contributed by atoms with Crippen LogP contribution >= 0.6 is 11.3 Å². The van der Waals surface area contributed by atoms with Gasteiger partial charge in [-0.05, 0) is 12.8 Å². The third-order valence-electron chi connectivity index (χ3n) is 2.24. The molecule has 0 fully saturated rings. The number of guanidine groups is 1. The maximum absolute atomic E-state index is 12.4. The second-order valence-corrected chi connectivity index (χ2v) is 5.54. The molecule has 1 aromatic heterocycles. The van der Waals surface area contributed by atoms with Crippen molar-refractivity contribution >= 4 is 17.3 Å². The molecule has 1 rings (SSSR count). The van der Waals surface area contributed by atoms with Crippen LogP contribution in [0.2, 0.25) is 0 Å². The third-order valence-corrected chi connectivity index (χ3v) is 3.07. The Bertz CT molecular complexity index is 440. The lowest BCUT2D eigenvalue weighted by atomic mass is 10.2. The summed E-state index contributed by atoms with van der Waals surface area (Å²) in [5, 5.41) is 7.52. The number of hydrogen-bond acceptors (Lipinski definition) is 3. The molecule has 0 aliphatic heterocycles. The zero-order valence-corrected chi connectivity index (χ0v) is 12.5. The zero-order chi connectivity index (χ0) is 15.2. The minimum atomic E-state index is -4.39. The van der Waals surface area contributed by atoms with Gasteiger partial charge >= 0.3 is 6.18 Å². The molecule has 4 nitrogen and oxygen atoms in total. The summed E-state index contributed by atoms with van der Waals surface area (Å²) in [6, 6.07) is 0. The van der Waals surface area contributed by atoms with Crippen molar-refractivity contribution in [2.75, 3.05) is 13.1 Å². The molecule has 0 aliphatic rings. The maximum Gasteiger partial charge on any atom is 0.434 e. The predicted octanol–water partition coefficient (Wildman–Crippen LogP) is 2.87. The number of alkyl halides is 3. The van der Waals surface area contributed by atoms with Crippen LogP contribution in [0.3, 0.4) is 0 Å². The van der Waals surface area contributed by atoms with Gasteiger partial charge in [-0.15, -0.1) is 11.3 Å². The van der Waals surface area contributed by atoms with E-state index in [1.54, 1.807) is 0 Å². The number of halogens is 3. The number of aromatic nitrogens is 1. The Kier molecular flexibility index (Phi) is 6.25. The van der Waals surface area contributed by atoms with E-state index in [0.717, 1.165) is 23.3 Å². The lowest BCUT2D eigenvalue weighted by Gasteiger charge is -2.12. The Morgan fingerprint density at radius 2 is 2.10 bits per heavy atom. The third kappa shape index (κ3) is 5.77. The van der Waals surface area contributed by atoms with Crippen LogP contribution in [0.25, 0.3) is 0 Å². The molecule has 0 saturated heterocycles. The minimum Gasteiger partial charge on any atom is -0.357 e. The van der Waals surface area contributed by atoms with Crippen molar-refractivity contribution < 1.29 is 13.2 Å². The molecule has 0 atom stereocenters. The Morgan fingerprint density at radius 1 is 1.40 bits per heavy atom. The van der Waals surface area contributed by atoms with E-state index in [0.29, 0.717) is 23.4 Å². The van der Waals surface area contributed by atoms with Gasteiger partial charge in [-0.25, -0.2) is 9.98 Å². The van der Waals surface area contributed by atoms with Gasteiger partial charge < -0.3 is 10.6 Å². The molecule has 0 aliphatic carbocycles. The molecule has 0 radical (unpaired) electrons. The van der Waals surface area contributed by atoms with Crippen LogP contribution in [0, 0.1) is 5.92 Å². The highest BCUT2D eigenvalue weighted by atomic mass is 32.1. The van der Waals surface area contributed by atoms with Crippen LogP contribution in [-0.2, 0) is 12.7 Å². The summed E-state index contributed by atoms with van der Waals surface area (Å²) in [4.78, 5) is 7.77. The Morgan fingerprint density at radius 3 is 2.60 bits per heavy atom. The van der Waals surface area contributed by atoms with E-state index in [9.17, 15) is 13.2 Å². The van der Waals surface area contributed by atoms with Crippen LogP contribution in [0.15, 0.2) is 10.4 Å². The van der Waals surface area contributed by atoms with E-state index in [1.807, 2.05) is 6.92 Å². The maximum atomic E-state index is 12.4. The topological polar surface area (TPSA) is 49.3 Å². The quantitative estimate of drug-likeness (QED) is 0.649. The van der Waals surface area contributed by atoms with Crippen LogP contribution in [0.1, 0.15) is 31.5 Å². The summed E-state index contributed by atoms with van der Waals surface area (Å²) in [5.74, 6) is 1.04. The lowest BCUT2D eigenvalue weighted by molar-refractivity contribution is -0.140. The first kappa shape index (κ1) is 16.7. The van der Waals surface area contributed by atoms with Gasteiger partial charge in [0.25, 0.3) is 0 Å². The van der Waals surface area contributed by atoms with Gasteiger partial charge in [0, 0.05) is 18.5 Å². The molecule has 0 bridgehead atoms. The second kappa shape index (κ2) is 7.47. The highest BCUT2D eigenvalue weighted by Gasteiger charge is 2.33. The number of thiazole rings is 1. The van der Waals surface area contributed by atoms with E-state index >= 15 is 0 Å². The second-order valence-electron chi connectivity index (χ2n) is 4.59. The summed E-state index contributed by atoms with van der Waals surface area (Å²) < 4.78 is 37.2. The fourth-order valence-electron chi connectivity index (χ4n) is 1.30. The fraction of sp³-hybridized carbons (Fsp3) is 0.667. The summed E-state index contributed by atoms with van der Waals surface area (Å²) in [7, 11) is 0. The molecule has 8 heteroatoms. The smallest absolute Gasteiger partial charge is 0.357 e. The van der Waals surface area contributed by atoms with Crippen LogP contribution in [0.4, 0.5) is 13.2 Å². The van der Waals surface area contributed by atoms with Gasteiger partial charge in [-0.3, -0.25) is 0 Å². The molecule has 1 heterocycles. The van der Waals surface area contributed by atoms with Gasteiger partial charge in [0.05, 0.1) is 6.54 Å². The number of nitrogens with zero attached hydrogens (tertiary/aromatic N) is 2. The average molecular weight is 308 g/mol. The molecule has 2 N–H and O–H groups in total. The number of hydrogen-bond donors (Lipinski definition) is 2. The summed E-state index contributed by atoms with van der Waals surface area (Å²) >= 11 is 0.967. The normalized spacial score (nSPS) is 12.8. The van der Waals surface area contributed by atoms with Gasteiger partial charge in [-0.1, -0.05) is 13.8 Å². The van der Waals surface area contributed by atoms with Crippen molar-refractivity contribution in [2.24, 2.45) is 10.9 Å². The predicted molar refractivity (Wildman–Crippen MR) is 74.8 cm³/mol. The molecule has 1 aromatic rings. The fourth-order valence-corrected chi connectivity index (χ4v) is 2.03. The van der Waals surface area contributed by atoms with E-state index in [-0.39, 0.29) is 6.54 Å². The summed E-state index contributed by atoms with van der Waals surface area (Å²) in [6.45, 7) is 7.62. The first-order valence-corrected chi connectivity index (χ1v) is 7.24. The molecule has 0 unspecified atom stereocenters. The first-order chi connectivity index (χ1) is 9.32. The van der Waals surface area contributed by atoms with E-state index < -0.39 is 11.9 Å². The molecule has 20 heavy (non-hydrogen) atoms. The number of aliphatic imine (C=N–C) groups is 1. The largest absolute Gasteiger partial charge is 0.434 e.